The van der Waals surface area contributed by atoms with Crippen molar-refractivity contribution in [1.82, 2.24) is 9.55 Å². The van der Waals surface area contributed by atoms with Gasteiger partial charge in [0.25, 0.3) is 16.8 Å². The average Bonchev–Trinajstić information content (AvgIpc) is 3.27. The molecule has 0 fully saturated rings. The number of aryl methyl sites for hydroxylation is 2. The Balaban J connectivity index is 1.58. The van der Waals surface area contributed by atoms with Crippen LogP contribution in [0, 0.1) is 6.92 Å². The van der Waals surface area contributed by atoms with E-state index in [0.29, 0.717) is 11.9 Å². The number of hydrogen-bond donors (Lipinski definition) is 1. The van der Waals surface area contributed by atoms with E-state index >= 15 is 0 Å². The highest BCUT2D eigenvalue weighted by atomic mass is 32.2. The zero-order valence-corrected chi connectivity index (χ0v) is 25.2. The zero-order chi connectivity index (χ0) is 28.6. The minimum Gasteiger partial charge on any atom is -0.292 e. The van der Waals surface area contributed by atoms with Gasteiger partial charge in [0.1, 0.15) is 10.8 Å². The summed E-state index contributed by atoms with van der Waals surface area (Å²) in [6.07, 6.45) is 2.74. The molecule has 1 atom stereocenters. The van der Waals surface area contributed by atoms with E-state index in [9.17, 15) is 13.6 Å². The Labute approximate surface area is 241 Å². The van der Waals surface area contributed by atoms with Crippen LogP contribution in [0.1, 0.15) is 57.5 Å². The maximum atomic E-state index is 13.6. The number of anilines is 1. The quantitative estimate of drug-likeness (QED) is 0.193. The van der Waals surface area contributed by atoms with E-state index in [4.69, 9.17) is 4.98 Å². The molecule has 0 aliphatic rings. The Hall–Kier alpha value is -3.33. The van der Waals surface area contributed by atoms with Gasteiger partial charge in [-0.3, -0.25) is 18.2 Å². The Kier molecular flexibility index (Phi) is 7.95. The number of unbranched alkanes of at least 4 members (excludes halogenated alkanes) is 1. The number of nitrogens with zero attached hydrogens (tertiary/aromatic N) is 3. The molecule has 1 unspecified atom stereocenters. The van der Waals surface area contributed by atoms with Crippen LogP contribution < -0.4 is 9.86 Å². The number of fused-ring (bicyclic) bond motifs is 2. The van der Waals surface area contributed by atoms with Crippen LogP contribution in [0.25, 0.3) is 32.1 Å². The van der Waals surface area contributed by atoms with Crippen LogP contribution in [0.3, 0.4) is 0 Å². The van der Waals surface area contributed by atoms with Crippen molar-refractivity contribution < 1.29 is 8.76 Å². The van der Waals surface area contributed by atoms with Crippen molar-refractivity contribution in [3.8, 4) is 11.1 Å². The van der Waals surface area contributed by atoms with Gasteiger partial charge in [0, 0.05) is 27.6 Å². The molecular weight excluding hydrogens is 539 g/mol. The monoisotopic (exact) mass is 573 g/mol. The molecular formula is C32H35N3O3S2. The van der Waals surface area contributed by atoms with Gasteiger partial charge in [0.15, 0.2) is 0 Å². The Morgan fingerprint density at radius 1 is 1.02 bits per heavy atom. The highest BCUT2D eigenvalue weighted by Crippen LogP contribution is 2.47. The van der Waals surface area contributed by atoms with Crippen molar-refractivity contribution in [2.45, 2.75) is 66.0 Å². The first-order chi connectivity index (χ1) is 19.1. The highest BCUT2D eigenvalue weighted by Gasteiger charge is 2.31. The van der Waals surface area contributed by atoms with Crippen LogP contribution in [-0.4, -0.2) is 23.9 Å². The predicted molar refractivity (Wildman–Crippen MR) is 169 cm³/mol. The number of hydrogen-bond acceptors (Lipinski definition) is 4. The van der Waals surface area contributed by atoms with E-state index in [1.54, 1.807) is 4.31 Å². The smallest absolute Gasteiger partial charge is 0.263 e. The summed E-state index contributed by atoms with van der Waals surface area (Å²) < 4.78 is 27.2. The second-order valence-electron chi connectivity index (χ2n) is 11.2. The number of rotatable bonds is 8. The third kappa shape index (κ3) is 5.48. The van der Waals surface area contributed by atoms with Crippen LogP contribution in [0.2, 0.25) is 0 Å². The first kappa shape index (κ1) is 28.2. The van der Waals surface area contributed by atoms with Gasteiger partial charge >= 0.3 is 0 Å². The van der Waals surface area contributed by atoms with Gasteiger partial charge < -0.3 is 0 Å². The largest absolute Gasteiger partial charge is 0.292 e. The summed E-state index contributed by atoms with van der Waals surface area (Å²) in [5.41, 5.74) is 4.10. The summed E-state index contributed by atoms with van der Waals surface area (Å²) in [7, 11) is 0. The van der Waals surface area contributed by atoms with Crippen molar-refractivity contribution in [3.05, 3.63) is 94.0 Å². The number of aromatic nitrogens is 2. The molecule has 40 heavy (non-hydrogen) atoms. The van der Waals surface area contributed by atoms with Crippen LogP contribution >= 0.6 is 11.3 Å². The summed E-state index contributed by atoms with van der Waals surface area (Å²) in [5, 5.41) is 2.45. The van der Waals surface area contributed by atoms with Gasteiger partial charge in [-0.15, -0.1) is 11.3 Å². The zero-order valence-electron chi connectivity index (χ0n) is 23.6. The first-order valence-corrected chi connectivity index (χ1v) is 15.5. The third-order valence-corrected chi connectivity index (χ3v) is 9.37. The molecule has 6 nitrogen and oxygen atoms in total. The van der Waals surface area contributed by atoms with Crippen LogP contribution in [0.4, 0.5) is 5.00 Å². The summed E-state index contributed by atoms with van der Waals surface area (Å²) >= 11 is -0.667. The molecule has 0 aliphatic carbocycles. The van der Waals surface area contributed by atoms with Crippen molar-refractivity contribution in [1.29, 1.82) is 0 Å². The van der Waals surface area contributed by atoms with Gasteiger partial charge in [-0.1, -0.05) is 67.4 Å². The average molecular weight is 574 g/mol. The molecule has 1 N–H and O–H groups in total. The molecule has 0 radical (unpaired) electrons. The van der Waals surface area contributed by atoms with E-state index in [1.165, 1.54) is 11.3 Å². The SMILES string of the molecule is CCCCc1nc2ccc(C)cc2c(=O)n1Cc1ccc(-c2c(N(S(=O)O)C(C)(C)C)sc3ccccc23)cc1. The summed E-state index contributed by atoms with van der Waals surface area (Å²) in [5.74, 6) is 0.810. The number of thiophene rings is 1. The fourth-order valence-corrected chi connectivity index (χ4v) is 7.42. The summed E-state index contributed by atoms with van der Waals surface area (Å²) in [6.45, 7) is 10.4. The van der Waals surface area contributed by atoms with Crippen molar-refractivity contribution in [2.75, 3.05) is 4.31 Å². The molecule has 8 heteroatoms. The first-order valence-electron chi connectivity index (χ1n) is 13.6. The fraction of sp³-hybridized carbons (Fsp3) is 0.312. The standard InChI is InChI=1S/C32H35N3O3S2/c1-6-7-12-28-33-26-18-13-21(2)19-25(26)30(36)34(28)20-22-14-16-23(17-15-22)29-24-10-8-9-11-27(24)39-31(29)35(40(37)38)32(3,4)5/h8-11,13-19H,6-7,12,20H2,1-5H3,(H,37,38). The van der Waals surface area contributed by atoms with E-state index in [1.807, 2.05) is 92.9 Å². The lowest BCUT2D eigenvalue weighted by Gasteiger charge is -2.33. The molecule has 0 spiro atoms. The highest BCUT2D eigenvalue weighted by molar-refractivity contribution is 7.81. The molecule has 0 saturated heterocycles. The van der Waals surface area contributed by atoms with Crippen molar-refractivity contribution in [2.24, 2.45) is 0 Å². The molecule has 2 aromatic heterocycles. The summed E-state index contributed by atoms with van der Waals surface area (Å²) in [4.78, 5) is 18.5. The maximum absolute atomic E-state index is 13.6. The second-order valence-corrected chi connectivity index (χ2v) is 13.1. The van der Waals surface area contributed by atoms with E-state index in [-0.39, 0.29) is 5.56 Å². The van der Waals surface area contributed by atoms with Gasteiger partial charge in [0.2, 0.25) is 0 Å². The van der Waals surface area contributed by atoms with Crippen molar-refractivity contribution >= 4 is 48.6 Å². The number of benzene rings is 3. The van der Waals surface area contributed by atoms with Crippen molar-refractivity contribution in [3.63, 3.8) is 0 Å². The summed E-state index contributed by atoms with van der Waals surface area (Å²) in [6, 6.07) is 22.1. The lowest BCUT2D eigenvalue weighted by Crippen LogP contribution is -2.42. The minimum absolute atomic E-state index is 0.0127. The van der Waals surface area contributed by atoms with E-state index in [0.717, 1.165) is 67.9 Å². The fourth-order valence-electron chi connectivity index (χ4n) is 5.09. The third-order valence-electron chi connectivity index (χ3n) is 7.05. The van der Waals surface area contributed by atoms with Crippen LogP contribution in [-0.2, 0) is 24.2 Å². The van der Waals surface area contributed by atoms with Crippen LogP contribution in [0.5, 0.6) is 0 Å². The normalized spacial score (nSPS) is 12.8. The Bertz CT molecular complexity index is 1770. The topological polar surface area (TPSA) is 75.4 Å². The predicted octanol–water partition coefficient (Wildman–Crippen LogP) is 7.72. The van der Waals surface area contributed by atoms with Gasteiger partial charge in [-0.25, -0.2) is 9.19 Å². The van der Waals surface area contributed by atoms with E-state index < -0.39 is 16.8 Å². The minimum atomic E-state index is -2.19. The molecule has 0 aliphatic heterocycles. The van der Waals surface area contributed by atoms with Gasteiger partial charge in [-0.05, 0) is 63.4 Å². The lowest BCUT2D eigenvalue weighted by molar-refractivity contribution is 0.516. The Morgan fingerprint density at radius 2 is 1.75 bits per heavy atom. The molecule has 3 aromatic carbocycles. The molecule has 5 aromatic rings. The lowest BCUT2D eigenvalue weighted by atomic mass is 10.0. The molecule has 2 heterocycles. The Morgan fingerprint density at radius 3 is 2.42 bits per heavy atom. The molecule has 0 bridgehead atoms. The van der Waals surface area contributed by atoms with Gasteiger partial charge in [-0.2, -0.15) is 0 Å². The van der Waals surface area contributed by atoms with E-state index in [2.05, 4.69) is 13.0 Å². The molecule has 208 valence electrons. The van der Waals surface area contributed by atoms with Gasteiger partial charge in [0.05, 0.1) is 17.4 Å². The molecule has 0 saturated carbocycles. The maximum Gasteiger partial charge on any atom is 0.263 e. The second kappa shape index (κ2) is 11.3. The van der Waals surface area contributed by atoms with Crippen LogP contribution in [0.15, 0.2) is 71.5 Å². The molecule has 0 amide bonds. The molecule has 5 rings (SSSR count).